The van der Waals surface area contributed by atoms with Gasteiger partial charge >= 0.3 is 0 Å². The van der Waals surface area contributed by atoms with E-state index in [9.17, 15) is 5.11 Å². The highest BCUT2D eigenvalue weighted by atomic mass is 16.6. The first-order chi connectivity index (χ1) is 6.36. The van der Waals surface area contributed by atoms with Crippen molar-refractivity contribution in [2.45, 2.75) is 50.4 Å². The van der Waals surface area contributed by atoms with E-state index in [4.69, 9.17) is 9.47 Å². The third-order valence-corrected chi connectivity index (χ3v) is 2.89. The van der Waals surface area contributed by atoms with Crippen LogP contribution >= 0.6 is 0 Å². The second-order valence-corrected chi connectivity index (χ2v) is 4.04. The van der Waals surface area contributed by atoms with E-state index in [1.54, 1.807) is 0 Å². The molecular formula is C10H18O3. The normalized spacial score (nSPS) is 36.7. The maximum Gasteiger partial charge on any atom is 0.105 e. The number of hydrogen-bond acceptors (Lipinski definition) is 3. The van der Waals surface area contributed by atoms with Gasteiger partial charge in [0.15, 0.2) is 0 Å². The van der Waals surface area contributed by atoms with Gasteiger partial charge in [0, 0.05) is 0 Å². The molecule has 0 radical (unpaired) electrons. The predicted octanol–water partition coefficient (Wildman–Crippen LogP) is 1.10. The highest BCUT2D eigenvalue weighted by Gasteiger charge is 2.28. The molecule has 0 aromatic rings. The molecule has 0 aromatic heterocycles. The van der Waals surface area contributed by atoms with Crippen LogP contribution in [0.15, 0.2) is 0 Å². The van der Waals surface area contributed by atoms with Gasteiger partial charge in [0.2, 0.25) is 0 Å². The minimum atomic E-state index is -0.247. The van der Waals surface area contributed by atoms with Crippen molar-refractivity contribution < 1.29 is 14.6 Å². The van der Waals surface area contributed by atoms with Crippen molar-refractivity contribution in [2.24, 2.45) is 0 Å². The Morgan fingerprint density at radius 1 is 1.08 bits per heavy atom. The van der Waals surface area contributed by atoms with Gasteiger partial charge in [0.05, 0.1) is 25.4 Å². The van der Waals surface area contributed by atoms with Gasteiger partial charge in [-0.05, 0) is 12.8 Å². The Kier molecular flexibility index (Phi) is 3.19. The van der Waals surface area contributed by atoms with Gasteiger partial charge in [0.1, 0.15) is 6.10 Å². The first-order valence-corrected chi connectivity index (χ1v) is 5.27. The van der Waals surface area contributed by atoms with E-state index in [1.807, 2.05) is 0 Å². The molecule has 1 aliphatic heterocycles. The number of ether oxygens (including phenoxy) is 2. The molecule has 0 amide bonds. The van der Waals surface area contributed by atoms with E-state index in [-0.39, 0.29) is 18.3 Å². The minimum Gasteiger partial charge on any atom is -0.390 e. The van der Waals surface area contributed by atoms with Crippen LogP contribution in [0.4, 0.5) is 0 Å². The molecule has 2 fully saturated rings. The molecule has 13 heavy (non-hydrogen) atoms. The zero-order valence-corrected chi connectivity index (χ0v) is 7.95. The van der Waals surface area contributed by atoms with Crippen molar-refractivity contribution in [3.8, 4) is 0 Å². The third-order valence-electron chi connectivity index (χ3n) is 2.89. The average Bonchev–Trinajstić information content (AvgIpc) is 2.23. The van der Waals surface area contributed by atoms with E-state index in [0.717, 1.165) is 19.3 Å². The lowest BCUT2D eigenvalue weighted by Gasteiger charge is -2.32. The van der Waals surface area contributed by atoms with Crippen molar-refractivity contribution in [1.82, 2.24) is 0 Å². The fourth-order valence-corrected chi connectivity index (χ4v) is 1.95. The molecule has 0 bridgehead atoms. The van der Waals surface area contributed by atoms with Crippen molar-refractivity contribution in [2.75, 3.05) is 13.2 Å². The minimum absolute atomic E-state index is 0.0661. The Bertz CT molecular complexity index is 156. The summed E-state index contributed by atoms with van der Waals surface area (Å²) in [6, 6.07) is 0. The lowest BCUT2D eigenvalue weighted by molar-refractivity contribution is -0.176. The fraction of sp³-hybridized carbons (Fsp3) is 1.00. The third kappa shape index (κ3) is 2.42. The molecule has 76 valence electrons. The summed E-state index contributed by atoms with van der Waals surface area (Å²) in [5, 5.41) is 9.75. The number of hydrogen-bond donors (Lipinski definition) is 1. The summed E-state index contributed by atoms with van der Waals surface area (Å²) >= 11 is 0. The van der Waals surface area contributed by atoms with Gasteiger partial charge in [-0.3, -0.25) is 0 Å². The van der Waals surface area contributed by atoms with Crippen molar-refractivity contribution in [1.29, 1.82) is 0 Å². The highest BCUT2D eigenvalue weighted by Crippen LogP contribution is 2.23. The van der Waals surface area contributed by atoms with Gasteiger partial charge in [-0.1, -0.05) is 19.3 Å². The highest BCUT2D eigenvalue weighted by molar-refractivity contribution is 4.76. The van der Waals surface area contributed by atoms with Crippen molar-refractivity contribution >= 4 is 0 Å². The molecule has 1 N–H and O–H groups in total. The van der Waals surface area contributed by atoms with Gasteiger partial charge in [-0.25, -0.2) is 0 Å². The predicted molar refractivity (Wildman–Crippen MR) is 48.6 cm³/mol. The van der Waals surface area contributed by atoms with Gasteiger partial charge in [-0.2, -0.15) is 0 Å². The van der Waals surface area contributed by atoms with Crippen molar-refractivity contribution in [3.05, 3.63) is 0 Å². The molecule has 3 nitrogen and oxygen atoms in total. The summed E-state index contributed by atoms with van der Waals surface area (Å²) < 4.78 is 10.8. The molecule has 1 heterocycles. The second-order valence-electron chi connectivity index (χ2n) is 4.04. The summed E-state index contributed by atoms with van der Waals surface area (Å²) in [6.45, 7) is 1.42. The number of rotatable bonds is 2. The average molecular weight is 186 g/mol. The molecule has 1 aliphatic carbocycles. The van der Waals surface area contributed by atoms with E-state index in [0.29, 0.717) is 13.2 Å². The standard InChI is InChI=1S/C10H18O3/c11-9-4-2-1-3-5-10(9)13-8-6-12-7-8/h8-11H,1-7H2. The van der Waals surface area contributed by atoms with Gasteiger partial charge in [-0.15, -0.1) is 0 Å². The van der Waals surface area contributed by atoms with Crippen molar-refractivity contribution in [3.63, 3.8) is 0 Å². The Labute approximate surface area is 79.0 Å². The smallest absolute Gasteiger partial charge is 0.105 e. The van der Waals surface area contributed by atoms with E-state index in [1.165, 1.54) is 12.8 Å². The van der Waals surface area contributed by atoms with Crippen LogP contribution in [0, 0.1) is 0 Å². The molecule has 2 unspecified atom stereocenters. The van der Waals surface area contributed by atoms with E-state index in [2.05, 4.69) is 0 Å². The largest absolute Gasteiger partial charge is 0.390 e. The van der Waals surface area contributed by atoms with Crippen LogP contribution in [-0.4, -0.2) is 36.6 Å². The summed E-state index contributed by atoms with van der Waals surface area (Å²) in [5.41, 5.74) is 0. The zero-order valence-electron chi connectivity index (χ0n) is 7.95. The summed E-state index contributed by atoms with van der Waals surface area (Å²) in [6.07, 6.45) is 5.54. The lowest BCUT2D eigenvalue weighted by atomic mass is 10.1. The van der Waals surface area contributed by atoms with Crippen LogP contribution < -0.4 is 0 Å². The van der Waals surface area contributed by atoms with Gasteiger partial charge < -0.3 is 14.6 Å². The van der Waals surface area contributed by atoms with Gasteiger partial charge in [0.25, 0.3) is 0 Å². The van der Waals surface area contributed by atoms with Crippen LogP contribution in [0.1, 0.15) is 32.1 Å². The van der Waals surface area contributed by atoms with Crippen LogP contribution in [-0.2, 0) is 9.47 Å². The quantitative estimate of drug-likeness (QED) is 0.656. The summed E-state index contributed by atoms with van der Waals surface area (Å²) in [5.74, 6) is 0. The maximum absolute atomic E-state index is 9.75. The van der Waals surface area contributed by atoms with E-state index >= 15 is 0 Å². The Morgan fingerprint density at radius 2 is 1.85 bits per heavy atom. The molecule has 2 aliphatic rings. The SMILES string of the molecule is OC1CCCCCC1OC1COC1. The molecule has 2 atom stereocenters. The second kappa shape index (κ2) is 4.40. The Hall–Kier alpha value is -0.120. The van der Waals surface area contributed by atoms with Crippen LogP contribution in [0.3, 0.4) is 0 Å². The number of aliphatic hydroxyl groups excluding tert-OH is 1. The first-order valence-electron chi connectivity index (χ1n) is 5.27. The molecule has 3 heteroatoms. The lowest BCUT2D eigenvalue weighted by Crippen LogP contribution is -2.42. The molecule has 2 rings (SSSR count). The van der Waals surface area contributed by atoms with Crippen LogP contribution in [0.25, 0.3) is 0 Å². The molecular weight excluding hydrogens is 168 g/mol. The van der Waals surface area contributed by atoms with Crippen LogP contribution in [0.2, 0.25) is 0 Å². The summed E-state index contributed by atoms with van der Waals surface area (Å²) in [4.78, 5) is 0. The Morgan fingerprint density at radius 3 is 2.54 bits per heavy atom. The Balaban J connectivity index is 1.79. The fourth-order valence-electron chi connectivity index (χ4n) is 1.95. The molecule has 0 aromatic carbocycles. The molecule has 1 saturated carbocycles. The summed E-state index contributed by atoms with van der Waals surface area (Å²) in [7, 11) is 0. The molecule has 1 saturated heterocycles. The number of aliphatic hydroxyl groups is 1. The monoisotopic (exact) mass is 186 g/mol. The first kappa shape index (κ1) is 9.44. The topological polar surface area (TPSA) is 38.7 Å². The van der Waals surface area contributed by atoms with Crippen LogP contribution in [0.5, 0.6) is 0 Å². The maximum atomic E-state index is 9.75. The van der Waals surface area contributed by atoms with E-state index < -0.39 is 0 Å². The zero-order chi connectivity index (χ0) is 9.10. The molecule has 0 spiro atoms.